The maximum Gasteiger partial charge on any atom is 0.317 e. The van der Waals surface area contributed by atoms with Crippen molar-refractivity contribution in [2.45, 2.75) is 13.0 Å². The predicted molar refractivity (Wildman–Crippen MR) is 80.6 cm³/mol. The van der Waals surface area contributed by atoms with Gasteiger partial charge in [-0.15, -0.1) is 0 Å². The standard InChI is InChI=1S/C15H25N3O2/c1-13(14-7-5-4-6-8-14)18(3)15(20)16-9-10-17(2)11-12-19/h4-8,13,19H,9-12H2,1-3H3,(H,16,20)/t13-/m0/s1. The average molecular weight is 279 g/mol. The van der Waals surface area contributed by atoms with E-state index in [1.807, 2.05) is 49.2 Å². The molecule has 0 unspecified atom stereocenters. The van der Waals surface area contributed by atoms with Gasteiger partial charge < -0.3 is 20.2 Å². The summed E-state index contributed by atoms with van der Waals surface area (Å²) < 4.78 is 0. The van der Waals surface area contributed by atoms with Gasteiger partial charge in [-0.25, -0.2) is 4.79 Å². The van der Waals surface area contributed by atoms with Crippen LogP contribution >= 0.6 is 0 Å². The smallest absolute Gasteiger partial charge is 0.317 e. The monoisotopic (exact) mass is 279 g/mol. The summed E-state index contributed by atoms with van der Waals surface area (Å²) in [5, 5.41) is 11.7. The minimum atomic E-state index is -0.0845. The third kappa shape index (κ3) is 5.19. The summed E-state index contributed by atoms with van der Waals surface area (Å²) in [6.45, 7) is 4.05. The molecule has 112 valence electrons. The highest BCUT2D eigenvalue weighted by Crippen LogP contribution is 2.17. The number of hydrogen-bond acceptors (Lipinski definition) is 3. The lowest BCUT2D eigenvalue weighted by molar-refractivity contribution is 0.190. The van der Waals surface area contributed by atoms with Gasteiger partial charge in [0.1, 0.15) is 0 Å². The Kier molecular flexibility index (Phi) is 7.04. The first-order chi connectivity index (χ1) is 9.56. The normalized spacial score (nSPS) is 12.2. The SMILES string of the molecule is C[C@@H](c1ccccc1)N(C)C(=O)NCCN(C)CCO. The maximum absolute atomic E-state index is 12.0. The molecule has 0 aliphatic carbocycles. The molecule has 0 aliphatic rings. The fraction of sp³-hybridized carbons (Fsp3) is 0.533. The largest absolute Gasteiger partial charge is 0.395 e. The van der Waals surface area contributed by atoms with E-state index < -0.39 is 0 Å². The van der Waals surface area contributed by atoms with E-state index in [4.69, 9.17) is 5.11 Å². The number of aliphatic hydroxyl groups is 1. The molecule has 0 heterocycles. The fourth-order valence-electron chi connectivity index (χ4n) is 1.89. The molecule has 1 aromatic carbocycles. The quantitative estimate of drug-likeness (QED) is 0.791. The number of aliphatic hydroxyl groups excluding tert-OH is 1. The zero-order valence-electron chi connectivity index (χ0n) is 12.5. The summed E-state index contributed by atoms with van der Waals surface area (Å²) >= 11 is 0. The van der Waals surface area contributed by atoms with Gasteiger partial charge in [-0.3, -0.25) is 0 Å². The number of hydrogen-bond donors (Lipinski definition) is 2. The highest BCUT2D eigenvalue weighted by molar-refractivity contribution is 5.74. The van der Waals surface area contributed by atoms with E-state index >= 15 is 0 Å². The first-order valence-corrected chi connectivity index (χ1v) is 6.91. The van der Waals surface area contributed by atoms with Crippen LogP contribution in [0.5, 0.6) is 0 Å². The molecular formula is C15H25N3O2. The Morgan fingerprint density at radius 3 is 2.50 bits per heavy atom. The first-order valence-electron chi connectivity index (χ1n) is 6.91. The van der Waals surface area contributed by atoms with E-state index in [-0.39, 0.29) is 18.7 Å². The van der Waals surface area contributed by atoms with Crippen molar-refractivity contribution in [2.24, 2.45) is 0 Å². The lowest BCUT2D eigenvalue weighted by Crippen LogP contribution is -2.42. The van der Waals surface area contributed by atoms with Gasteiger partial charge >= 0.3 is 6.03 Å². The van der Waals surface area contributed by atoms with Crippen LogP contribution in [0, 0.1) is 0 Å². The molecule has 0 saturated carbocycles. The molecule has 0 radical (unpaired) electrons. The number of nitrogens with one attached hydrogen (secondary N) is 1. The topological polar surface area (TPSA) is 55.8 Å². The van der Waals surface area contributed by atoms with Crippen LogP contribution in [0.1, 0.15) is 18.5 Å². The molecule has 1 aromatic rings. The zero-order chi connectivity index (χ0) is 15.0. The van der Waals surface area contributed by atoms with Gasteiger partial charge in [0.25, 0.3) is 0 Å². The van der Waals surface area contributed by atoms with Crippen molar-refractivity contribution in [3.8, 4) is 0 Å². The number of nitrogens with zero attached hydrogens (tertiary/aromatic N) is 2. The van der Waals surface area contributed by atoms with E-state index in [1.54, 1.807) is 11.9 Å². The highest BCUT2D eigenvalue weighted by atomic mass is 16.3. The molecule has 0 spiro atoms. The number of carbonyl (C=O) groups excluding carboxylic acids is 1. The van der Waals surface area contributed by atoms with Crippen molar-refractivity contribution < 1.29 is 9.90 Å². The molecular weight excluding hydrogens is 254 g/mol. The summed E-state index contributed by atoms with van der Waals surface area (Å²) in [6.07, 6.45) is 0. The summed E-state index contributed by atoms with van der Waals surface area (Å²) in [7, 11) is 3.71. The zero-order valence-corrected chi connectivity index (χ0v) is 12.5. The molecule has 0 aliphatic heterocycles. The van der Waals surface area contributed by atoms with Crippen LogP contribution in [-0.4, -0.2) is 61.3 Å². The van der Waals surface area contributed by atoms with Crippen molar-refractivity contribution >= 4 is 6.03 Å². The Morgan fingerprint density at radius 2 is 1.90 bits per heavy atom. The van der Waals surface area contributed by atoms with Gasteiger partial charge in [-0.05, 0) is 19.5 Å². The summed E-state index contributed by atoms with van der Waals surface area (Å²) in [5.74, 6) is 0. The van der Waals surface area contributed by atoms with Gasteiger partial charge in [-0.1, -0.05) is 30.3 Å². The average Bonchev–Trinajstić information content (AvgIpc) is 2.46. The molecule has 2 amide bonds. The Hall–Kier alpha value is -1.59. The third-order valence-corrected chi connectivity index (χ3v) is 3.43. The van der Waals surface area contributed by atoms with Crippen LogP contribution in [0.15, 0.2) is 30.3 Å². The number of likely N-dealkylation sites (N-methyl/N-ethyl adjacent to an activating group) is 1. The summed E-state index contributed by atoms with van der Waals surface area (Å²) in [5.41, 5.74) is 1.11. The minimum absolute atomic E-state index is 0.0337. The molecule has 2 N–H and O–H groups in total. The molecule has 5 nitrogen and oxygen atoms in total. The van der Waals surface area contributed by atoms with E-state index in [2.05, 4.69) is 5.32 Å². The lowest BCUT2D eigenvalue weighted by atomic mass is 10.1. The van der Waals surface area contributed by atoms with Gasteiger partial charge in [-0.2, -0.15) is 0 Å². The number of rotatable bonds is 7. The van der Waals surface area contributed by atoms with Crippen LogP contribution in [0.3, 0.4) is 0 Å². The maximum atomic E-state index is 12.0. The second-order valence-corrected chi connectivity index (χ2v) is 4.96. The van der Waals surface area contributed by atoms with E-state index in [0.717, 1.165) is 12.1 Å². The summed E-state index contributed by atoms with van der Waals surface area (Å²) in [6, 6.07) is 9.90. The third-order valence-electron chi connectivity index (χ3n) is 3.43. The molecule has 1 rings (SSSR count). The van der Waals surface area contributed by atoms with E-state index in [1.165, 1.54) is 0 Å². The molecule has 0 saturated heterocycles. The second-order valence-electron chi connectivity index (χ2n) is 4.96. The van der Waals surface area contributed by atoms with Gasteiger partial charge in [0.15, 0.2) is 0 Å². The van der Waals surface area contributed by atoms with Crippen LogP contribution in [0.25, 0.3) is 0 Å². The lowest BCUT2D eigenvalue weighted by Gasteiger charge is -2.26. The number of benzene rings is 1. The van der Waals surface area contributed by atoms with Crippen LogP contribution < -0.4 is 5.32 Å². The fourth-order valence-corrected chi connectivity index (χ4v) is 1.89. The molecule has 1 atom stereocenters. The molecule has 20 heavy (non-hydrogen) atoms. The molecule has 0 aromatic heterocycles. The van der Waals surface area contributed by atoms with Gasteiger partial charge in [0.2, 0.25) is 0 Å². The van der Waals surface area contributed by atoms with Gasteiger partial charge in [0, 0.05) is 26.7 Å². The van der Waals surface area contributed by atoms with Crippen molar-refractivity contribution in [3.63, 3.8) is 0 Å². The van der Waals surface area contributed by atoms with Crippen LogP contribution in [0.2, 0.25) is 0 Å². The first kappa shape index (κ1) is 16.5. The van der Waals surface area contributed by atoms with E-state index in [9.17, 15) is 4.79 Å². The van der Waals surface area contributed by atoms with Crippen molar-refractivity contribution in [1.82, 2.24) is 15.1 Å². The Balaban J connectivity index is 2.39. The summed E-state index contributed by atoms with van der Waals surface area (Å²) in [4.78, 5) is 15.7. The highest BCUT2D eigenvalue weighted by Gasteiger charge is 2.16. The number of amides is 2. The van der Waals surface area contributed by atoms with Crippen molar-refractivity contribution in [1.29, 1.82) is 0 Å². The second kappa shape index (κ2) is 8.55. The Morgan fingerprint density at radius 1 is 1.25 bits per heavy atom. The molecule has 0 bridgehead atoms. The minimum Gasteiger partial charge on any atom is -0.395 e. The van der Waals surface area contributed by atoms with Crippen molar-refractivity contribution in [2.75, 3.05) is 40.3 Å². The van der Waals surface area contributed by atoms with Gasteiger partial charge in [0.05, 0.1) is 12.6 Å². The van der Waals surface area contributed by atoms with Crippen LogP contribution in [-0.2, 0) is 0 Å². The number of urea groups is 1. The molecule has 0 fully saturated rings. The van der Waals surface area contributed by atoms with Crippen molar-refractivity contribution in [3.05, 3.63) is 35.9 Å². The Labute approximate surface area is 121 Å². The Bertz CT molecular complexity index is 397. The van der Waals surface area contributed by atoms with E-state index in [0.29, 0.717) is 13.1 Å². The predicted octanol–water partition coefficient (Wildman–Crippen LogP) is 1.31. The number of carbonyl (C=O) groups is 1. The van der Waals surface area contributed by atoms with Crippen LogP contribution in [0.4, 0.5) is 4.79 Å². The molecule has 5 heteroatoms.